The van der Waals surface area contributed by atoms with E-state index in [2.05, 4.69) is 11.1 Å². The molecular formula is C21H22ClN3O. The molecule has 4 aliphatic rings. The van der Waals surface area contributed by atoms with Crippen LogP contribution in [-0.2, 0) is 11.8 Å². The third-order valence-electron chi connectivity index (χ3n) is 6.98. The second kappa shape index (κ2) is 5.33. The first-order chi connectivity index (χ1) is 12.4. The Morgan fingerprint density at radius 3 is 2.62 bits per heavy atom. The molecule has 0 unspecified atom stereocenters. The first-order valence-corrected chi connectivity index (χ1v) is 9.85. The minimum Gasteiger partial charge on any atom is -0.330 e. The van der Waals surface area contributed by atoms with E-state index >= 15 is 0 Å². The van der Waals surface area contributed by atoms with Crippen LogP contribution in [0.5, 0.6) is 0 Å². The van der Waals surface area contributed by atoms with Crippen molar-refractivity contribution in [3.8, 4) is 6.07 Å². The quantitative estimate of drug-likeness (QED) is 0.759. The van der Waals surface area contributed by atoms with Gasteiger partial charge in [-0.15, -0.1) is 11.6 Å². The van der Waals surface area contributed by atoms with Gasteiger partial charge < -0.3 is 4.57 Å². The normalized spacial score (nSPS) is 36.2. The van der Waals surface area contributed by atoms with E-state index in [1.807, 2.05) is 35.9 Å². The average molecular weight is 368 g/mol. The summed E-state index contributed by atoms with van der Waals surface area (Å²) in [5.41, 5.74) is 1.36. The molecule has 4 bridgehead atoms. The Morgan fingerprint density at radius 1 is 1.31 bits per heavy atom. The number of nitriles is 1. The molecule has 134 valence electrons. The molecule has 0 spiro atoms. The highest BCUT2D eigenvalue weighted by molar-refractivity contribution is 6.24. The summed E-state index contributed by atoms with van der Waals surface area (Å²) in [7, 11) is 1.89. The van der Waals surface area contributed by atoms with Crippen LogP contribution < -0.4 is 0 Å². The number of hydrogen-bond donors (Lipinski definition) is 0. The Balaban J connectivity index is 1.56. The van der Waals surface area contributed by atoms with E-state index in [0.29, 0.717) is 17.7 Å². The molecule has 6 rings (SSSR count). The zero-order chi connectivity index (χ0) is 18.1. The fourth-order valence-corrected chi connectivity index (χ4v) is 7.09. The molecule has 0 saturated heterocycles. The van der Waals surface area contributed by atoms with Crippen LogP contribution in [0.3, 0.4) is 0 Å². The van der Waals surface area contributed by atoms with Crippen LogP contribution in [0.25, 0.3) is 11.0 Å². The van der Waals surface area contributed by atoms with Crippen LogP contribution in [0.15, 0.2) is 24.3 Å². The number of ketones is 1. The number of Topliss-reactive ketones (excluding diaryl/α,β-unsaturated/α-hetero) is 1. The third kappa shape index (κ3) is 2.19. The zero-order valence-electron chi connectivity index (χ0n) is 14.9. The topological polar surface area (TPSA) is 58.7 Å². The summed E-state index contributed by atoms with van der Waals surface area (Å²) in [4.78, 5) is 18.1. The molecule has 0 aliphatic heterocycles. The lowest BCUT2D eigenvalue weighted by molar-refractivity contribution is -0.142. The summed E-state index contributed by atoms with van der Waals surface area (Å²) in [6.07, 6.45) is 5.80. The van der Waals surface area contributed by atoms with Gasteiger partial charge in [-0.1, -0.05) is 12.1 Å². The van der Waals surface area contributed by atoms with Crippen molar-refractivity contribution in [2.24, 2.45) is 24.3 Å². The Morgan fingerprint density at radius 2 is 2.00 bits per heavy atom. The number of imidazole rings is 1. The lowest BCUT2D eigenvalue weighted by Crippen LogP contribution is -2.56. The molecule has 4 nitrogen and oxygen atoms in total. The minimum absolute atomic E-state index is 0.0533. The van der Waals surface area contributed by atoms with Gasteiger partial charge in [-0.05, 0) is 62.5 Å². The summed E-state index contributed by atoms with van der Waals surface area (Å²) in [6, 6.07) is 10.1. The largest absolute Gasteiger partial charge is 0.330 e. The molecule has 4 aliphatic carbocycles. The van der Waals surface area contributed by atoms with Crippen molar-refractivity contribution in [3.63, 3.8) is 0 Å². The SMILES string of the molecule is Cn1c([C@H](C#N)C(=O)C23C[C@H]4C[C@@H](CC(Cl)(C4)C2)C3)nc2ccccc21. The molecule has 1 heterocycles. The van der Waals surface area contributed by atoms with Crippen molar-refractivity contribution in [2.45, 2.75) is 49.3 Å². The van der Waals surface area contributed by atoms with Crippen molar-refractivity contribution in [2.75, 3.05) is 0 Å². The number of alkyl halides is 1. The van der Waals surface area contributed by atoms with E-state index in [1.165, 1.54) is 6.42 Å². The number of carbonyl (C=O) groups excluding carboxylic acids is 1. The van der Waals surface area contributed by atoms with Gasteiger partial charge in [0, 0.05) is 17.3 Å². The standard InChI is InChI=1S/C21H22ClN3O/c1-25-17-5-3-2-4-16(17)24-19(25)15(11-23)18(26)20-7-13-6-14(8-20)10-21(22,9-13)12-20/h2-5,13-15H,6-10,12H2,1H3/t13-,14-,15-,20?,21?/m1/s1. The number of carbonyl (C=O) groups is 1. The van der Waals surface area contributed by atoms with Crippen molar-refractivity contribution in [1.82, 2.24) is 9.55 Å². The lowest BCUT2D eigenvalue weighted by atomic mass is 9.47. The maximum Gasteiger partial charge on any atom is 0.163 e. The zero-order valence-corrected chi connectivity index (χ0v) is 15.7. The second-order valence-corrected chi connectivity index (χ2v) is 9.64. The molecular weight excluding hydrogens is 346 g/mol. The van der Waals surface area contributed by atoms with E-state index in [1.54, 1.807) is 0 Å². The summed E-state index contributed by atoms with van der Waals surface area (Å²) in [6.45, 7) is 0. The van der Waals surface area contributed by atoms with Crippen LogP contribution in [0, 0.1) is 28.6 Å². The van der Waals surface area contributed by atoms with Crippen LogP contribution in [0.4, 0.5) is 0 Å². The van der Waals surface area contributed by atoms with E-state index < -0.39 is 11.3 Å². The first-order valence-electron chi connectivity index (χ1n) is 9.47. The molecule has 0 radical (unpaired) electrons. The van der Waals surface area contributed by atoms with Gasteiger partial charge in [-0.2, -0.15) is 5.26 Å². The molecule has 1 aromatic heterocycles. The maximum absolute atomic E-state index is 13.7. The molecule has 5 heteroatoms. The van der Waals surface area contributed by atoms with Gasteiger partial charge in [0.15, 0.2) is 11.7 Å². The molecule has 3 atom stereocenters. The van der Waals surface area contributed by atoms with Gasteiger partial charge in [0.1, 0.15) is 5.82 Å². The van der Waals surface area contributed by atoms with Gasteiger partial charge in [0.2, 0.25) is 0 Å². The Hall–Kier alpha value is -1.86. The number of aryl methyl sites for hydroxylation is 1. The first kappa shape index (κ1) is 16.3. The molecule has 4 saturated carbocycles. The molecule has 1 aromatic carbocycles. The fraction of sp³-hybridized carbons (Fsp3) is 0.571. The predicted molar refractivity (Wildman–Crippen MR) is 99.8 cm³/mol. The summed E-state index contributed by atoms with van der Waals surface area (Å²) >= 11 is 6.90. The Bertz CT molecular complexity index is 942. The van der Waals surface area contributed by atoms with Crippen LogP contribution >= 0.6 is 11.6 Å². The van der Waals surface area contributed by atoms with Crippen molar-refractivity contribution < 1.29 is 4.79 Å². The molecule has 26 heavy (non-hydrogen) atoms. The smallest absolute Gasteiger partial charge is 0.163 e. The third-order valence-corrected chi connectivity index (χ3v) is 7.43. The predicted octanol–water partition coefficient (Wildman–Crippen LogP) is 4.33. The van der Waals surface area contributed by atoms with E-state index in [-0.39, 0.29) is 10.7 Å². The number of hydrogen-bond acceptors (Lipinski definition) is 3. The highest BCUT2D eigenvalue weighted by Crippen LogP contribution is 2.64. The molecule has 0 N–H and O–H groups in total. The van der Waals surface area contributed by atoms with Crippen LogP contribution in [-0.4, -0.2) is 20.2 Å². The number of rotatable bonds is 3. The number of halogens is 1. The molecule has 0 amide bonds. The van der Waals surface area contributed by atoms with Crippen molar-refractivity contribution in [1.29, 1.82) is 5.26 Å². The van der Waals surface area contributed by atoms with Crippen LogP contribution in [0.1, 0.15) is 50.3 Å². The van der Waals surface area contributed by atoms with E-state index in [0.717, 1.165) is 43.1 Å². The number of nitrogens with zero attached hydrogens (tertiary/aromatic N) is 3. The molecule has 2 aromatic rings. The van der Waals surface area contributed by atoms with Crippen molar-refractivity contribution in [3.05, 3.63) is 30.1 Å². The second-order valence-electron chi connectivity index (χ2n) is 8.84. The summed E-state index contributed by atoms with van der Waals surface area (Å²) in [5, 5.41) is 9.91. The minimum atomic E-state index is -0.816. The van der Waals surface area contributed by atoms with Gasteiger partial charge in [0.25, 0.3) is 0 Å². The number of benzene rings is 1. The Kier molecular flexibility index (Phi) is 3.35. The van der Waals surface area contributed by atoms with Crippen LogP contribution in [0.2, 0.25) is 0 Å². The number of para-hydroxylation sites is 2. The van der Waals surface area contributed by atoms with Crippen molar-refractivity contribution >= 4 is 28.4 Å². The monoisotopic (exact) mass is 367 g/mol. The summed E-state index contributed by atoms with van der Waals surface area (Å²) in [5.74, 6) is 0.884. The lowest BCUT2D eigenvalue weighted by Gasteiger charge is -2.59. The van der Waals surface area contributed by atoms with Gasteiger partial charge in [-0.25, -0.2) is 4.98 Å². The highest BCUT2D eigenvalue weighted by Gasteiger charge is 2.61. The Labute approximate surface area is 158 Å². The van der Waals surface area contributed by atoms with E-state index in [9.17, 15) is 10.1 Å². The van der Waals surface area contributed by atoms with Gasteiger partial charge in [0.05, 0.1) is 17.1 Å². The van der Waals surface area contributed by atoms with Gasteiger partial charge in [-0.3, -0.25) is 4.79 Å². The van der Waals surface area contributed by atoms with Gasteiger partial charge >= 0.3 is 0 Å². The fourth-order valence-electron chi connectivity index (χ4n) is 6.40. The van der Waals surface area contributed by atoms with E-state index in [4.69, 9.17) is 11.6 Å². The summed E-state index contributed by atoms with van der Waals surface area (Å²) < 4.78 is 1.90. The molecule has 4 fully saturated rings. The average Bonchev–Trinajstić information content (AvgIpc) is 2.91. The number of fused-ring (bicyclic) bond motifs is 1. The highest BCUT2D eigenvalue weighted by atomic mass is 35.5. The number of aromatic nitrogens is 2. The maximum atomic E-state index is 13.7.